The molecule has 28 heavy (non-hydrogen) atoms. The first-order valence-corrected chi connectivity index (χ1v) is 8.88. The fourth-order valence-electron chi connectivity index (χ4n) is 3.27. The topological polar surface area (TPSA) is 111 Å². The Labute approximate surface area is 158 Å². The minimum atomic E-state index is -0.669. The Balaban J connectivity index is 1.23. The summed E-state index contributed by atoms with van der Waals surface area (Å²) in [5, 5.41) is 3.88. The summed E-state index contributed by atoms with van der Waals surface area (Å²) in [5.41, 5.74) is 0.0613. The molecule has 142 valence electrons. The Hall–Kier alpha value is -3.62. The van der Waals surface area contributed by atoms with Gasteiger partial charge in [-0.1, -0.05) is 17.3 Å². The maximum absolute atomic E-state index is 12.6. The normalized spacial score (nSPS) is 18.6. The van der Waals surface area contributed by atoms with Gasteiger partial charge in [-0.15, -0.1) is 0 Å². The smallest absolute Gasteiger partial charge is 0.267 e. The predicted molar refractivity (Wildman–Crippen MR) is 96.0 cm³/mol. The number of carbonyl (C=O) groups is 1. The lowest BCUT2D eigenvalue weighted by Crippen LogP contribution is -2.55. The number of pyridine rings is 1. The lowest BCUT2D eigenvalue weighted by Gasteiger charge is -2.39. The van der Waals surface area contributed by atoms with E-state index in [-0.39, 0.29) is 29.8 Å². The molecule has 2 aliphatic rings. The highest BCUT2D eigenvalue weighted by molar-refractivity contribution is 5.83. The van der Waals surface area contributed by atoms with Crippen molar-refractivity contribution >= 4 is 5.91 Å². The van der Waals surface area contributed by atoms with Crippen LogP contribution in [0.3, 0.4) is 0 Å². The molecule has 0 spiro atoms. The summed E-state index contributed by atoms with van der Waals surface area (Å²) in [5.74, 6) is 1.66. The van der Waals surface area contributed by atoms with Gasteiger partial charge in [0.25, 0.3) is 11.5 Å². The second-order valence-corrected chi connectivity index (χ2v) is 6.67. The van der Waals surface area contributed by atoms with E-state index in [1.54, 1.807) is 29.2 Å². The quantitative estimate of drug-likeness (QED) is 0.727. The zero-order valence-corrected chi connectivity index (χ0v) is 14.7. The number of aromatic amines is 1. The molecule has 0 saturated carbocycles. The number of para-hydroxylation sites is 2. The van der Waals surface area contributed by atoms with E-state index >= 15 is 0 Å². The van der Waals surface area contributed by atoms with Crippen LogP contribution in [0.15, 0.2) is 51.9 Å². The van der Waals surface area contributed by atoms with Gasteiger partial charge in [0.05, 0.1) is 11.5 Å². The standard InChI is InChI=1S/C19H16N4O5/c24-17-12(4-3-7-20-17)16-21-18(28-22-16)11-8-23(9-11)19(25)15-10-26-13-5-1-2-6-14(13)27-15/h1-7,11,15H,8-10H2,(H,20,24)/t15-/m1/s1. The molecule has 1 saturated heterocycles. The third-order valence-corrected chi connectivity index (χ3v) is 4.83. The van der Waals surface area contributed by atoms with Crippen LogP contribution in [0.5, 0.6) is 11.5 Å². The number of amides is 1. The van der Waals surface area contributed by atoms with E-state index in [4.69, 9.17) is 14.0 Å². The van der Waals surface area contributed by atoms with Gasteiger partial charge in [-0.3, -0.25) is 9.59 Å². The summed E-state index contributed by atoms with van der Waals surface area (Å²) in [4.78, 5) is 33.0. The number of ether oxygens (including phenoxy) is 2. The van der Waals surface area contributed by atoms with Crippen molar-refractivity contribution in [1.82, 2.24) is 20.0 Å². The number of nitrogens with zero attached hydrogens (tertiary/aromatic N) is 3. The average molecular weight is 380 g/mol. The first kappa shape index (κ1) is 16.5. The summed E-state index contributed by atoms with van der Waals surface area (Å²) >= 11 is 0. The third kappa shape index (κ3) is 2.81. The van der Waals surface area contributed by atoms with Gasteiger partial charge >= 0.3 is 0 Å². The van der Waals surface area contributed by atoms with Gasteiger partial charge in [-0.2, -0.15) is 4.98 Å². The number of benzene rings is 1. The molecule has 1 aromatic carbocycles. The van der Waals surface area contributed by atoms with Crippen molar-refractivity contribution < 1.29 is 18.8 Å². The molecule has 1 atom stereocenters. The number of nitrogens with one attached hydrogen (secondary N) is 1. The summed E-state index contributed by atoms with van der Waals surface area (Å²) in [6.07, 6.45) is 0.870. The highest BCUT2D eigenvalue weighted by atomic mass is 16.6. The molecule has 3 aromatic rings. The fourth-order valence-corrected chi connectivity index (χ4v) is 3.27. The van der Waals surface area contributed by atoms with Crippen molar-refractivity contribution in [1.29, 1.82) is 0 Å². The second kappa shape index (κ2) is 6.52. The van der Waals surface area contributed by atoms with Crippen molar-refractivity contribution in [2.45, 2.75) is 12.0 Å². The highest BCUT2D eigenvalue weighted by Crippen LogP contribution is 2.33. The Bertz CT molecular complexity index is 1090. The SMILES string of the molecule is O=C([C@H]1COc2ccccc2O1)N1CC(c2nc(-c3ccc[nH]c3=O)no2)C1. The number of fused-ring (bicyclic) bond motifs is 1. The molecule has 9 heteroatoms. The van der Waals surface area contributed by atoms with Gasteiger partial charge in [0.15, 0.2) is 11.5 Å². The lowest BCUT2D eigenvalue weighted by atomic mass is 9.99. The van der Waals surface area contributed by atoms with E-state index < -0.39 is 6.10 Å². The van der Waals surface area contributed by atoms with Gasteiger partial charge < -0.3 is 23.9 Å². The first-order chi connectivity index (χ1) is 13.7. The van der Waals surface area contributed by atoms with Gasteiger partial charge in [0.2, 0.25) is 17.8 Å². The molecule has 2 aliphatic heterocycles. The first-order valence-electron chi connectivity index (χ1n) is 8.88. The molecular weight excluding hydrogens is 364 g/mol. The van der Waals surface area contributed by atoms with E-state index in [1.807, 2.05) is 12.1 Å². The molecule has 0 bridgehead atoms. The minimum Gasteiger partial charge on any atom is -0.485 e. The Kier molecular flexibility index (Phi) is 3.85. The number of rotatable bonds is 3. The molecular formula is C19H16N4O5. The van der Waals surface area contributed by atoms with Crippen molar-refractivity contribution in [2.24, 2.45) is 0 Å². The van der Waals surface area contributed by atoms with Crippen LogP contribution in [0.2, 0.25) is 0 Å². The number of hydrogen-bond acceptors (Lipinski definition) is 7. The summed E-state index contributed by atoms with van der Waals surface area (Å²) in [6.45, 7) is 1.08. The monoisotopic (exact) mass is 380 g/mol. The van der Waals surface area contributed by atoms with E-state index in [1.165, 1.54) is 6.20 Å². The average Bonchev–Trinajstić information content (AvgIpc) is 3.16. The van der Waals surface area contributed by atoms with Gasteiger partial charge in [-0.05, 0) is 24.3 Å². The minimum absolute atomic E-state index is 0.0650. The van der Waals surface area contributed by atoms with Gasteiger partial charge in [0, 0.05) is 19.3 Å². The molecule has 0 unspecified atom stereocenters. The van der Waals surface area contributed by atoms with E-state index in [0.29, 0.717) is 36.0 Å². The van der Waals surface area contributed by atoms with Crippen LogP contribution in [0, 0.1) is 0 Å². The molecule has 1 N–H and O–H groups in total. The zero-order valence-electron chi connectivity index (χ0n) is 14.7. The molecule has 5 rings (SSSR count). The van der Waals surface area contributed by atoms with E-state index in [2.05, 4.69) is 15.1 Å². The Morgan fingerprint density at radius 3 is 2.79 bits per heavy atom. The fraction of sp³-hybridized carbons (Fsp3) is 0.263. The molecule has 2 aromatic heterocycles. The van der Waals surface area contributed by atoms with Crippen LogP contribution in [-0.2, 0) is 4.79 Å². The van der Waals surface area contributed by atoms with Gasteiger partial charge in [0.1, 0.15) is 6.61 Å². The van der Waals surface area contributed by atoms with Crippen LogP contribution in [0.4, 0.5) is 0 Å². The number of carbonyl (C=O) groups excluding carboxylic acids is 1. The number of likely N-dealkylation sites (tertiary alicyclic amines) is 1. The highest BCUT2D eigenvalue weighted by Gasteiger charge is 2.40. The molecule has 0 radical (unpaired) electrons. The number of H-pyrrole nitrogens is 1. The maximum atomic E-state index is 12.6. The van der Waals surface area contributed by atoms with Crippen molar-refractivity contribution in [2.75, 3.05) is 19.7 Å². The molecule has 1 fully saturated rings. The predicted octanol–water partition coefficient (Wildman–Crippen LogP) is 1.19. The van der Waals surface area contributed by atoms with E-state index in [0.717, 1.165) is 0 Å². The molecule has 4 heterocycles. The van der Waals surface area contributed by atoms with Crippen molar-refractivity contribution in [3.8, 4) is 22.9 Å². The Morgan fingerprint density at radius 1 is 1.14 bits per heavy atom. The van der Waals surface area contributed by atoms with Crippen LogP contribution in [-0.4, -0.2) is 51.7 Å². The second-order valence-electron chi connectivity index (χ2n) is 6.67. The van der Waals surface area contributed by atoms with Crippen LogP contribution in [0.25, 0.3) is 11.4 Å². The molecule has 1 amide bonds. The number of hydrogen-bond donors (Lipinski definition) is 1. The van der Waals surface area contributed by atoms with Crippen LogP contribution in [0.1, 0.15) is 11.8 Å². The maximum Gasteiger partial charge on any atom is 0.267 e. The molecule has 0 aliphatic carbocycles. The summed E-state index contributed by atoms with van der Waals surface area (Å²) in [7, 11) is 0. The van der Waals surface area contributed by atoms with Crippen molar-refractivity contribution in [3.63, 3.8) is 0 Å². The summed E-state index contributed by atoms with van der Waals surface area (Å²) < 4.78 is 16.7. The zero-order chi connectivity index (χ0) is 19.1. The Morgan fingerprint density at radius 2 is 1.96 bits per heavy atom. The van der Waals surface area contributed by atoms with E-state index in [9.17, 15) is 9.59 Å². The molecule has 9 nitrogen and oxygen atoms in total. The van der Waals surface area contributed by atoms with Crippen LogP contribution >= 0.6 is 0 Å². The lowest BCUT2D eigenvalue weighted by molar-refractivity contribution is -0.146. The van der Waals surface area contributed by atoms with Gasteiger partial charge in [-0.25, -0.2) is 0 Å². The largest absolute Gasteiger partial charge is 0.485 e. The number of aromatic nitrogens is 3. The van der Waals surface area contributed by atoms with Crippen LogP contribution < -0.4 is 15.0 Å². The van der Waals surface area contributed by atoms with Crippen molar-refractivity contribution in [3.05, 3.63) is 58.8 Å². The summed E-state index contributed by atoms with van der Waals surface area (Å²) in [6, 6.07) is 10.6. The third-order valence-electron chi connectivity index (χ3n) is 4.83.